The second kappa shape index (κ2) is 5.58. The van der Waals surface area contributed by atoms with Gasteiger partial charge in [0.2, 0.25) is 0 Å². The number of benzene rings is 1. The lowest BCUT2D eigenvalue weighted by molar-refractivity contribution is 0.259. The van der Waals surface area contributed by atoms with Crippen LogP contribution in [-0.4, -0.2) is 22.0 Å². The fourth-order valence-electron chi connectivity index (χ4n) is 3.40. The molecule has 23 heavy (non-hydrogen) atoms. The van der Waals surface area contributed by atoms with Crippen molar-refractivity contribution in [3.05, 3.63) is 71.7 Å². The number of likely N-dealkylation sites (N-methyl/N-ethyl adjacent to an activating group) is 1. The van der Waals surface area contributed by atoms with E-state index >= 15 is 0 Å². The summed E-state index contributed by atoms with van der Waals surface area (Å²) >= 11 is 0. The van der Waals surface area contributed by atoms with Crippen molar-refractivity contribution in [1.29, 1.82) is 0 Å². The average molecular weight is 306 g/mol. The summed E-state index contributed by atoms with van der Waals surface area (Å²) in [4.78, 5) is 6.81. The third-order valence-electron chi connectivity index (χ3n) is 4.80. The first-order valence-electron chi connectivity index (χ1n) is 7.79. The number of pyridine rings is 1. The second-order valence-electron chi connectivity index (χ2n) is 6.23. The van der Waals surface area contributed by atoms with E-state index in [1.807, 2.05) is 37.4 Å². The standard InChI is InChI=1S/C20H22N2O/c1-14-17(16-9-5-6-10-18(16)23)13-21-15(2)19(14)20(3)11-7-8-12-22(20)4/h5-13,23H,1-4H3. The Labute approximate surface area is 137 Å². The number of phenols is 1. The molecule has 1 aromatic heterocycles. The van der Waals surface area contributed by atoms with Crippen LogP contribution in [0.2, 0.25) is 0 Å². The van der Waals surface area contributed by atoms with E-state index in [1.165, 1.54) is 5.56 Å². The number of rotatable bonds is 2. The molecule has 0 saturated carbocycles. The molecule has 1 unspecified atom stereocenters. The Morgan fingerprint density at radius 1 is 1.09 bits per heavy atom. The van der Waals surface area contributed by atoms with E-state index in [0.29, 0.717) is 0 Å². The van der Waals surface area contributed by atoms with Crippen molar-refractivity contribution in [2.24, 2.45) is 0 Å². The maximum absolute atomic E-state index is 10.2. The van der Waals surface area contributed by atoms with Gasteiger partial charge >= 0.3 is 0 Å². The molecular formula is C20H22N2O. The molecule has 0 aliphatic carbocycles. The van der Waals surface area contributed by atoms with Crippen LogP contribution in [0.25, 0.3) is 11.1 Å². The summed E-state index contributed by atoms with van der Waals surface area (Å²) in [7, 11) is 2.07. The molecule has 3 rings (SSSR count). The van der Waals surface area contributed by atoms with Crippen LogP contribution in [0.3, 0.4) is 0 Å². The summed E-state index contributed by atoms with van der Waals surface area (Å²) in [5, 5.41) is 10.2. The monoisotopic (exact) mass is 306 g/mol. The minimum absolute atomic E-state index is 0.254. The van der Waals surface area contributed by atoms with Crippen LogP contribution in [0, 0.1) is 13.8 Å². The molecule has 1 aliphatic heterocycles. The van der Waals surface area contributed by atoms with Crippen molar-refractivity contribution in [3.63, 3.8) is 0 Å². The third-order valence-corrected chi connectivity index (χ3v) is 4.80. The molecule has 1 N–H and O–H groups in total. The van der Waals surface area contributed by atoms with Crippen LogP contribution in [0.5, 0.6) is 5.75 Å². The second-order valence-corrected chi connectivity index (χ2v) is 6.23. The van der Waals surface area contributed by atoms with E-state index in [2.05, 4.69) is 49.1 Å². The minimum atomic E-state index is -0.254. The highest BCUT2D eigenvalue weighted by molar-refractivity contribution is 5.74. The van der Waals surface area contributed by atoms with Crippen LogP contribution in [0.4, 0.5) is 0 Å². The summed E-state index contributed by atoms with van der Waals surface area (Å²) in [6, 6.07) is 7.41. The molecule has 0 saturated heterocycles. The fraction of sp³-hybridized carbons (Fsp3) is 0.250. The smallest absolute Gasteiger partial charge is 0.123 e. The first kappa shape index (κ1) is 15.3. The van der Waals surface area contributed by atoms with Gasteiger partial charge < -0.3 is 10.0 Å². The van der Waals surface area contributed by atoms with Crippen LogP contribution in [0.15, 0.2) is 54.9 Å². The number of allylic oxidation sites excluding steroid dienone is 2. The quantitative estimate of drug-likeness (QED) is 0.898. The largest absolute Gasteiger partial charge is 0.507 e. The SMILES string of the molecule is Cc1ncc(-c2ccccc2O)c(C)c1C1(C)C=CC=CN1C. The van der Waals surface area contributed by atoms with Crippen LogP contribution in [0.1, 0.15) is 23.7 Å². The molecule has 2 aromatic rings. The van der Waals surface area contributed by atoms with E-state index in [0.717, 1.165) is 22.4 Å². The molecule has 3 heteroatoms. The van der Waals surface area contributed by atoms with E-state index in [4.69, 9.17) is 0 Å². The molecular weight excluding hydrogens is 284 g/mol. The van der Waals surface area contributed by atoms with Gasteiger partial charge in [-0.25, -0.2) is 0 Å². The molecule has 1 aliphatic rings. The van der Waals surface area contributed by atoms with Crippen molar-refractivity contribution in [2.75, 3.05) is 7.05 Å². The van der Waals surface area contributed by atoms with Gasteiger partial charge in [0.1, 0.15) is 5.75 Å². The van der Waals surface area contributed by atoms with Crippen LogP contribution in [-0.2, 0) is 5.54 Å². The number of aryl methyl sites for hydroxylation is 1. The van der Waals surface area contributed by atoms with Crippen molar-refractivity contribution >= 4 is 0 Å². The molecule has 1 aromatic carbocycles. The van der Waals surface area contributed by atoms with Gasteiger partial charge in [-0.2, -0.15) is 0 Å². The highest BCUT2D eigenvalue weighted by atomic mass is 16.3. The van der Waals surface area contributed by atoms with Gasteiger partial charge in [-0.3, -0.25) is 4.98 Å². The van der Waals surface area contributed by atoms with Gasteiger partial charge in [-0.1, -0.05) is 30.4 Å². The predicted octanol–water partition coefficient (Wildman–Crippen LogP) is 4.30. The highest BCUT2D eigenvalue weighted by Gasteiger charge is 2.32. The summed E-state index contributed by atoms with van der Waals surface area (Å²) in [6.07, 6.45) is 10.2. The Morgan fingerprint density at radius 2 is 1.83 bits per heavy atom. The normalized spacial score (nSPS) is 20.1. The van der Waals surface area contributed by atoms with Crippen LogP contribution >= 0.6 is 0 Å². The predicted molar refractivity (Wildman–Crippen MR) is 94.2 cm³/mol. The van der Waals surface area contributed by atoms with Crippen molar-refractivity contribution in [1.82, 2.24) is 9.88 Å². The number of aromatic hydroxyl groups is 1. The Bertz CT molecular complexity index is 807. The van der Waals surface area contributed by atoms with Crippen LogP contribution < -0.4 is 0 Å². The van der Waals surface area contributed by atoms with E-state index in [9.17, 15) is 5.11 Å². The average Bonchev–Trinajstić information content (AvgIpc) is 2.52. The summed E-state index contributed by atoms with van der Waals surface area (Å²) in [5.41, 5.74) is 4.88. The van der Waals surface area contributed by atoms with Crippen molar-refractivity contribution < 1.29 is 5.11 Å². The number of phenolic OH excluding ortho intramolecular Hbond substituents is 1. The summed E-state index contributed by atoms with van der Waals surface area (Å²) < 4.78 is 0. The first-order chi connectivity index (χ1) is 10.9. The maximum Gasteiger partial charge on any atom is 0.123 e. The van der Waals surface area contributed by atoms with Gasteiger partial charge in [-0.15, -0.1) is 0 Å². The topological polar surface area (TPSA) is 36.4 Å². The zero-order valence-corrected chi connectivity index (χ0v) is 14.0. The Hall–Kier alpha value is -2.55. The molecule has 3 nitrogen and oxygen atoms in total. The van der Waals surface area contributed by atoms with Crippen molar-refractivity contribution in [2.45, 2.75) is 26.3 Å². The lowest BCUT2D eigenvalue weighted by Gasteiger charge is -2.40. The molecule has 0 bridgehead atoms. The molecule has 0 amide bonds. The number of nitrogens with zero attached hydrogens (tertiary/aromatic N) is 2. The molecule has 2 heterocycles. The van der Waals surface area contributed by atoms with Gasteiger partial charge in [0.15, 0.2) is 0 Å². The highest BCUT2D eigenvalue weighted by Crippen LogP contribution is 2.40. The lowest BCUT2D eigenvalue weighted by atomic mass is 9.82. The number of hydrogen-bond acceptors (Lipinski definition) is 3. The number of para-hydroxylation sites is 1. The van der Waals surface area contributed by atoms with Gasteiger partial charge in [0.05, 0.1) is 5.54 Å². The number of hydrogen-bond donors (Lipinski definition) is 1. The molecule has 118 valence electrons. The molecule has 0 fully saturated rings. The molecule has 1 atom stereocenters. The van der Waals surface area contributed by atoms with E-state index < -0.39 is 0 Å². The Morgan fingerprint density at radius 3 is 2.52 bits per heavy atom. The zero-order valence-electron chi connectivity index (χ0n) is 14.0. The van der Waals surface area contributed by atoms with Gasteiger partial charge in [-0.05, 0) is 44.7 Å². The zero-order chi connectivity index (χ0) is 16.6. The fourth-order valence-corrected chi connectivity index (χ4v) is 3.40. The van der Waals surface area contributed by atoms with E-state index in [1.54, 1.807) is 6.07 Å². The van der Waals surface area contributed by atoms with Gasteiger partial charge in [0.25, 0.3) is 0 Å². The maximum atomic E-state index is 10.2. The van der Waals surface area contributed by atoms with Crippen molar-refractivity contribution in [3.8, 4) is 16.9 Å². The Kier molecular flexibility index (Phi) is 3.72. The Balaban J connectivity index is 2.24. The number of aromatic nitrogens is 1. The first-order valence-corrected chi connectivity index (χ1v) is 7.79. The lowest BCUT2D eigenvalue weighted by Crippen LogP contribution is -2.38. The molecule has 0 spiro atoms. The minimum Gasteiger partial charge on any atom is -0.507 e. The summed E-state index contributed by atoms with van der Waals surface area (Å²) in [5.74, 6) is 0.282. The summed E-state index contributed by atoms with van der Waals surface area (Å²) in [6.45, 7) is 6.35. The van der Waals surface area contributed by atoms with E-state index in [-0.39, 0.29) is 11.3 Å². The molecule has 0 radical (unpaired) electrons. The van der Waals surface area contributed by atoms with Gasteiger partial charge in [0, 0.05) is 35.6 Å². The third kappa shape index (κ3) is 2.42.